The summed E-state index contributed by atoms with van der Waals surface area (Å²) in [5.74, 6) is 0.182. The number of carbonyl (C=O) groups excluding carboxylic acids is 2. The Balaban J connectivity index is 1.60. The summed E-state index contributed by atoms with van der Waals surface area (Å²) in [7, 11) is 1.74. The lowest BCUT2D eigenvalue weighted by Crippen LogP contribution is -2.40. The second-order valence-corrected chi connectivity index (χ2v) is 6.42. The minimum Gasteiger partial charge on any atom is -0.483 e. The fourth-order valence-corrected chi connectivity index (χ4v) is 2.90. The highest BCUT2D eigenvalue weighted by Crippen LogP contribution is 2.20. The third-order valence-corrected chi connectivity index (χ3v) is 4.46. The van der Waals surface area contributed by atoms with Crippen LogP contribution in [0.4, 0.5) is 0 Å². The van der Waals surface area contributed by atoms with Gasteiger partial charge < -0.3 is 19.3 Å². The number of nitrogens with zero attached hydrogens (tertiary/aromatic N) is 2. The highest BCUT2D eigenvalue weighted by Gasteiger charge is 2.22. The zero-order chi connectivity index (χ0) is 19.1. The van der Waals surface area contributed by atoms with Crippen LogP contribution < -0.4 is 4.74 Å². The van der Waals surface area contributed by atoms with Gasteiger partial charge in [-0.1, -0.05) is 42.5 Å². The first-order valence-corrected chi connectivity index (χ1v) is 9.02. The summed E-state index contributed by atoms with van der Waals surface area (Å²) in [4.78, 5) is 28.5. The van der Waals surface area contributed by atoms with E-state index in [1.54, 1.807) is 41.1 Å². The number of hydrogen-bond donors (Lipinski definition) is 0. The molecule has 0 radical (unpaired) electrons. The molecule has 142 valence electrons. The van der Waals surface area contributed by atoms with Crippen molar-refractivity contribution in [2.75, 3.05) is 40.0 Å². The molecule has 6 heteroatoms. The minimum atomic E-state index is -0.146. The van der Waals surface area contributed by atoms with Crippen molar-refractivity contribution >= 4 is 11.8 Å². The highest BCUT2D eigenvalue weighted by molar-refractivity contribution is 5.97. The van der Waals surface area contributed by atoms with Crippen LogP contribution in [0.25, 0.3) is 0 Å². The van der Waals surface area contributed by atoms with Gasteiger partial charge in [0.15, 0.2) is 6.61 Å². The van der Waals surface area contributed by atoms with Crippen molar-refractivity contribution in [2.45, 2.75) is 6.54 Å². The number of para-hydroxylation sites is 1. The molecule has 0 bridgehead atoms. The zero-order valence-electron chi connectivity index (χ0n) is 15.5. The van der Waals surface area contributed by atoms with Crippen LogP contribution >= 0.6 is 0 Å². The van der Waals surface area contributed by atoms with Gasteiger partial charge in [-0.15, -0.1) is 0 Å². The number of hydrogen-bond acceptors (Lipinski definition) is 4. The number of amides is 2. The lowest BCUT2D eigenvalue weighted by molar-refractivity contribution is -0.132. The fraction of sp³-hybridized carbons (Fsp3) is 0.333. The second kappa shape index (κ2) is 9.19. The number of carbonyl (C=O) groups is 2. The monoisotopic (exact) mass is 368 g/mol. The molecule has 27 heavy (non-hydrogen) atoms. The van der Waals surface area contributed by atoms with E-state index >= 15 is 0 Å². The van der Waals surface area contributed by atoms with Crippen LogP contribution in [-0.2, 0) is 16.1 Å². The van der Waals surface area contributed by atoms with Crippen molar-refractivity contribution in [3.8, 4) is 5.75 Å². The van der Waals surface area contributed by atoms with Crippen molar-refractivity contribution in [2.24, 2.45) is 0 Å². The number of morpholine rings is 1. The van der Waals surface area contributed by atoms with Gasteiger partial charge in [-0.2, -0.15) is 0 Å². The van der Waals surface area contributed by atoms with Crippen LogP contribution in [0, 0.1) is 0 Å². The molecule has 0 N–H and O–H groups in total. The number of likely N-dealkylation sites (N-methyl/N-ethyl adjacent to an activating group) is 1. The van der Waals surface area contributed by atoms with Gasteiger partial charge in [-0.3, -0.25) is 9.59 Å². The van der Waals surface area contributed by atoms with E-state index in [1.807, 2.05) is 30.3 Å². The molecular weight excluding hydrogens is 344 g/mol. The summed E-state index contributed by atoms with van der Waals surface area (Å²) in [5.41, 5.74) is 1.52. The Hall–Kier alpha value is -2.86. The Morgan fingerprint density at radius 1 is 1.04 bits per heavy atom. The molecule has 0 aromatic heterocycles. The third-order valence-electron chi connectivity index (χ3n) is 4.46. The van der Waals surface area contributed by atoms with Gasteiger partial charge in [0.05, 0.1) is 18.8 Å². The van der Waals surface area contributed by atoms with Crippen LogP contribution in [0.15, 0.2) is 54.6 Å². The predicted molar refractivity (Wildman–Crippen MR) is 102 cm³/mol. The van der Waals surface area contributed by atoms with Gasteiger partial charge in [-0.05, 0) is 17.7 Å². The highest BCUT2D eigenvalue weighted by atomic mass is 16.5. The zero-order valence-corrected chi connectivity index (χ0v) is 15.5. The molecule has 2 aromatic carbocycles. The van der Waals surface area contributed by atoms with Gasteiger partial charge in [0, 0.05) is 26.7 Å². The lowest BCUT2D eigenvalue weighted by Gasteiger charge is -2.27. The SMILES string of the molecule is CN(Cc1ccccc1)C(=O)COc1ccccc1C(=O)N1CCOCC1. The normalized spacial score (nSPS) is 13.9. The Kier molecular flexibility index (Phi) is 6.44. The average molecular weight is 368 g/mol. The van der Waals surface area contributed by atoms with Crippen molar-refractivity contribution in [3.05, 3.63) is 65.7 Å². The molecule has 6 nitrogen and oxygen atoms in total. The van der Waals surface area contributed by atoms with Gasteiger partial charge in [0.1, 0.15) is 5.75 Å². The molecular formula is C21H24N2O4. The lowest BCUT2D eigenvalue weighted by atomic mass is 10.1. The standard InChI is InChI=1S/C21H24N2O4/c1-22(15-17-7-3-2-4-8-17)20(24)16-27-19-10-6-5-9-18(19)21(25)23-11-13-26-14-12-23/h2-10H,11-16H2,1H3. The van der Waals surface area contributed by atoms with Gasteiger partial charge in [0.2, 0.25) is 0 Å². The van der Waals surface area contributed by atoms with Crippen LogP contribution in [0.3, 0.4) is 0 Å². The van der Waals surface area contributed by atoms with Crippen molar-refractivity contribution in [1.29, 1.82) is 0 Å². The topological polar surface area (TPSA) is 59.1 Å². The molecule has 0 unspecified atom stereocenters. The second-order valence-electron chi connectivity index (χ2n) is 6.42. The first-order valence-electron chi connectivity index (χ1n) is 9.02. The summed E-state index contributed by atoms with van der Waals surface area (Å²) < 4.78 is 11.0. The van der Waals surface area contributed by atoms with E-state index in [-0.39, 0.29) is 18.4 Å². The molecule has 0 spiro atoms. The first kappa shape index (κ1) is 18.9. The summed E-state index contributed by atoms with van der Waals surface area (Å²) in [6.45, 7) is 2.60. The number of rotatable bonds is 6. The molecule has 0 saturated carbocycles. The van der Waals surface area contributed by atoms with Crippen LogP contribution in [0.2, 0.25) is 0 Å². The van der Waals surface area contributed by atoms with Gasteiger partial charge >= 0.3 is 0 Å². The molecule has 3 rings (SSSR count). The molecule has 1 saturated heterocycles. The van der Waals surface area contributed by atoms with Crippen LogP contribution in [0.5, 0.6) is 5.75 Å². The number of ether oxygens (including phenoxy) is 2. The smallest absolute Gasteiger partial charge is 0.260 e. The molecule has 0 atom stereocenters. The van der Waals surface area contributed by atoms with Crippen molar-refractivity contribution in [1.82, 2.24) is 9.80 Å². The molecule has 1 aliphatic rings. The Morgan fingerprint density at radius 3 is 2.44 bits per heavy atom. The largest absolute Gasteiger partial charge is 0.483 e. The maximum Gasteiger partial charge on any atom is 0.260 e. The molecule has 2 amide bonds. The Morgan fingerprint density at radius 2 is 1.70 bits per heavy atom. The maximum absolute atomic E-state index is 12.7. The van der Waals surface area contributed by atoms with E-state index in [4.69, 9.17) is 9.47 Å². The van der Waals surface area contributed by atoms with E-state index < -0.39 is 0 Å². The summed E-state index contributed by atoms with van der Waals surface area (Å²) in [6, 6.07) is 16.8. The van der Waals surface area contributed by atoms with Gasteiger partial charge in [-0.25, -0.2) is 0 Å². The average Bonchev–Trinajstić information content (AvgIpc) is 2.73. The molecule has 1 fully saturated rings. The summed E-state index contributed by atoms with van der Waals surface area (Å²) >= 11 is 0. The summed E-state index contributed by atoms with van der Waals surface area (Å²) in [5, 5.41) is 0. The molecule has 1 heterocycles. The first-order chi connectivity index (χ1) is 13.1. The van der Waals surface area contributed by atoms with Crippen LogP contribution in [0.1, 0.15) is 15.9 Å². The molecule has 0 aliphatic carbocycles. The third kappa shape index (κ3) is 5.08. The minimum absolute atomic E-state index is 0.0982. The van der Waals surface area contributed by atoms with Crippen molar-refractivity contribution < 1.29 is 19.1 Å². The molecule has 2 aromatic rings. The van der Waals surface area contributed by atoms with E-state index in [0.29, 0.717) is 44.2 Å². The predicted octanol–water partition coefficient (Wildman–Crippen LogP) is 2.20. The number of benzene rings is 2. The Bertz CT molecular complexity index is 773. The summed E-state index contributed by atoms with van der Waals surface area (Å²) in [6.07, 6.45) is 0. The maximum atomic E-state index is 12.7. The van der Waals surface area contributed by atoms with Crippen molar-refractivity contribution in [3.63, 3.8) is 0 Å². The Labute approximate surface area is 159 Å². The van der Waals surface area contributed by atoms with E-state index in [0.717, 1.165) is 5.56 Å². The van der Waals surface area contributed by atoms with Crippen LogP contribution in [-0.4, -0.2) is 61.6 Å². The fourth-order valence-electron chi connectivity index (χ4n) is 2.90. The quantitative estimate of drug-likeness (QED) is 0.784. The van der Waals surface area contributed by atoms with Gasteiger partial charge in [0.25, 0.3) is 11.8 Å². The van der Waals surface area contributed by atoms with E-state index in [2.05, 4.69) is 0 Å². The van der Waals surface area contributed by atoms with E-state index in [9.17, 15) is 9.59 Å². The van der Waals surface area contributed by atoms with E-state index in [1.165, 1.54) is 0 Å². The molecule has 1 aliphatic heterocycles.